The van der Waals surface area contributed by atoms with E-state index in [2.05, 4.69) is 16.8 Å². The van der Waals surface area contributed by atoms with Crippen LogP contribution in [0.1, 0.15) is 11.6 Å². The van der Waals surface area contributed by atoms with E-state index < -0.39 is 0 Å². The van der Waals surface area contributed by atoms with E-state index >= 15 is 0 Å². The minimum absolute atomic E-state index is 0.0136. The number of hydrogen-bond donors (Lipinski definition) is 1. The van der Waals surface area contributed by atoms with Crippen LogP contribution in [0.3, 0.4) is 0 Å². The molecule has 1 aliphatic heterocycles. The van der Waals surface area contributed by atoms with Crippen LogP contribution in [0.25, 0.3) is 0 Å². The highest BCUT2D eigenvalue weighted by atomic mass is 35.5. The van der Waals surface area contributed by atoms with Gasteiger partial charge in [0.25, 0.3) is 0 Å². The van der Waals surface area contributed by atoms with E-state index in [-0.39, 0.29) is 11.9 Å². The predicted molar refractivity (Wildman–Crippen MR) is 68.8 cm³/mol. The summed E-state index contributed by atoms with van der Waals surface area (Å²) in [4.78, 5) is 2.25. The van der Waals surface area contributed by atoms with Crippen LogP contribution in [0.2, 0.25) is 5.02 Å². The second-order valence-electron chi connectivity index (χ2n) is 4.13. The van der Waals surface area contributed by atoms with Crippen LogP contribution in [0.4, 0.5) is 4.39 Å². The first kappa shape index (κ1) is 12.6. The highest BCUT2D eigenvalue weighted by molar-refractivity contribution is 6.31. The summed E-state index contributed by atoms with van der Waals surface area (Å²) >= 11 is 6.13. The van der Waals surface area contributed by atoms with Gasteiger partial charge in [-0.05, 0) is 23.8 Å². The van der Waals surface area contributed by atoms with Crippen LogP contribution in [0.15, 0.2) is 30.9 Å². The highest BCUT2D eigenvalue weighted by Crippen LogP contribution is 2.29. The van der Waals surface area contributed by atoms with Crippen LogP contribution in [0.5, 0.6) is 0 Å². The summed E-state index contributed by atoms with van der Waals surface area (Å²) in [5, 5.41) is 3.88. The normalized spacial score (nSPS) is 18.9. The van der Waals surface area contributed by atoms with E-state index in [4.69, 9.17) is 11.6 Å². The number of rotatable bonds is 3. The lowest BCUT2D eigenvalue weighted by Crippen LogP contribution is -2.44. The smallest absolute Gasteiger partial charge is 0.123 e. The van der Waals surface area contributed by atoms with Crippen molar-refractivity contribution in [1.82, 2.24) is 10.2 Å². The maximum atomic E-state index is 13.3. The summed E-state index contributed by atoms with van der Waals surface area (Å²) in [6.07, 6.45) is 1.83. The van der Waals surface area contributed by atoms with Crippen LogP contribution < -0.4 is 5.32 Å². The summed E-state index contributed by atoms with van der Waals surface area (Å²) < 4.78 is 13.3. The predicted octanol–water partition coefficient (Wildman–Crippen LogP) is 2.61. The van der Waals surface area contributed by atoms with Crippen molar-refractivity contribution in [1.29, 1.82) is 0 Å². The number of benzene rings is 1. The van der Waals surface area contributed by atoms with Crippen molar-refractivity contribution in [3.63, 3.8) is 0 Å². The highest BCUT2D eigenvalue weighted by Gasteiger charge is 2.21. The third kappa shape index (κ3) is 2.86. The fourth-order valence-electron chi connectivity index (χ4n) is 2.17. The van der Waals surface area contributed by atoms with Crippen LogP contribution >= 0.6 is 11.6 Å². The molecule has 1 aromatic carbocycles. The van der Waals surface area contributed by atoms with E-state index in [1.165, 1.54) is 12.1 Å². The average Bonchev–Trinajstić information content (AvgIpc) is 2.36. The van der Waals surface area contributed by atoms with Gasteiger partial charge in [0.1, 0.15) is 5.82 Å². The van der Waals surface area contributed by atoms with E-state index in [1.807, 2.05) is 6.08 Å². The molecule has 2 nitrogen and oxygen atoms in total. The maximum absolute atomic E-state index is 13.3. The van der Waals surface area contributed by atoms with E-state index in [0.717, 1.165) is 31.7 Å². The van der Waals surface area contributed by atoms with Crippen molar-refractivity contribution in [3.8, 4) is 0 Å². The summed E-state index contributed by atoms with van der Waals surface area (Å²) in [5.41, 5.74) is 0.795. The van der Waals surface area contributed by atoms with Crippen molar-refractivity contribution >= 4 is 11.6 Å². The Morgan fingerprint density at radius 3 is 2.76 bits per heavy atom. The minimum atomic E-state index is -0.258. The van der Waals surface area contributed by atoms with Crippen LogP contribution in [-0.2, 0) is 0 Å². The molecule has 17 heavy (non-hydrogen) atoms. The Hall–Kier alpha value is -0.900. The minimum Gasteiger partial charge on any atom is -0.314 e. The van der Waals surface area contributed by atoms with Crippen molar-refractivity contribution < 1.29 is 4.39 Å². The summed E-state index contributed by atoms with van der Waals surface area (Å²) in [6, 6.07) is 4.46. The summed E-state index contributed by atoms with van der Waals surface area (Å²) in [6.45, 7) is 7.56. The van der Waals surface area contributed by atoms with Crippen molar-refractivity contribution in [3.05, 3.63) is 47.3 Å². The molecule has 1 heterocycles. The zero-order valence-electron chi connectivity index (χ0n) is 9.63. The second-order valence-corrected chi connectivity index (χ2v) is 4.54. The number of piperazine rings is 1. The zero-order valence-corrected chi connectivity index (χ0v) is 10.4. The van der Waals surface area contributed by atoms with Gasteiger partial charge in [-0.3, -0.25) is 4.90 Å². The van der Waals surface area contributed by atoms with Gasteiger partial charge in [0.05, 0.1) is 6.04 Å². The molecule has 2 rings (SSSR count). The Kier molecular flexibility index (Phi) is 4.15. The maximum Gasteiger partial charge on any atom is 0.123 e. The van der Waals surface area contributed by atoms with Crippen molar-refractivity contribution in [2.75, 3.05) is 26.2 Å². The van der Waals surface area contributed by atoms with Gasteiger partial charge in [-0.2, -0.15) is 0 Å². The molecule has 0 spiro atoms. The molecule has 0 aliphatic carbocycles. The Labute approximate surface area is 106 Å². The number of nitrogens with zero attached hydrogens (tertiary/aromatic N) is 1. The summed E-state index contributed by atoms with van der Waals surface area (Å²) in [5.74, 6) is -0.258. The Bertz CT molecular complexity index is 402. The molecule has 1 aromatic rings. The average molecular weight is 255 g/mol. The quantitative estimate of drug-likeness (QED) is 0.835. The Morgan fingerprint density at radius 1 is 1.41 bits per heavy atom. The Morgan fingerprint density at radius 2 is 2.12 bits per heavy atom. The van der Waals surface area contributed by atoms with Crippen molar-refractivity contribution in [2.45, 2.75) is 6.04 Å². The molecule has 4 heteroatoms. The number of hydrogen-bond acceptors (Lipinski definition) is 2. The SMILES string of the molecule is C=C[C@H](c1cc(F)ccc1Cl)N1CCNCC1. The molecular formula is C13H16ClFN2. The Balaban J connectivity index is 2.27. The van der Waals surface area contributed by atoms with Crippen molar-refractivity contribution in [2.24, 2.45) is 0 Å². The third-order valence-electron chi connectivity index (χ3n) is 3.04. The first-order valence-corrected chi connectivity index (χ1v) is 6.12. The molecule has 1 aliphatic rings. The van der Waals surface area contributed by atoms with Gasteiger partial charge >= 0.3 is 0 Å². The molecule has 0 aromatic heterocycles. The van der Waals surface area contributed by atoms with Gasteiger partial charge in [-0.25, -0.2) is 4.39 Å². The van der Waals surface area contributed by atoms with Gasteiger partial charge < -0.3 is 5.32 Å². The van der Waals surface area contributed by atoms with E-state index in [9.17, 15) is 4.39 Å². The first-order valence-electron chi connectivity index (χ1n) is 5.74. The van der Waals surface area contributed by atoms with Crippen LogP contribution in [-0.4, -0.2) is 31.1 Å². The monoisotopic (exact) mass is 254 g/mol. The molecule has 1 N–H and O–H groups in total. The molecule has 1 atom stereocenters. The molecule has 0 saturated carbocycles. The standard InChI is InChI=1S/C13H16ClFN2/c1-2-13(17-7-5-16-6-8-17)11-9-10(15)3-4-12(11)14/h2-4,9,13,16H,1,5-8H2/t13-/m1/s1. The zero-order chi connectivity index (χ0) is 12.3. The number of nitrogens with one attached hydrogen (secondary N) is 1. The molecule has 1 saturated heterocycles. The summed E-state index contributed by atoms with van der Waals surface area (Å²) in [7, 11) is 0. The molecule has 92 valence electrons. The lowest BCUT2D eigenvalue weighted by atomic mass is 10.0. The number of halogens is 2. The van der Waals surface area contributed by atoms with Gasteiger partial charge in [0.15, 0.2) is 0 Å². The van der Waals surface area contributed by atoms with E-state index in [1.54, 1.807) is 6.07 Å². The molecule has 0 radical (unpaired) electrons. The molecule has 0 amide bonds. The lowest BCUT2D eigenvalue weighted by Gasteiger charge is -2.33. The van der Waals surface area contributed by atoms with Gasteiger partial charge in [0, 0.05) is 31.2 Å². The third-order valence-corrected chi connectivity index (χ3v) is 3.39. The molecule has 0 bridgehead atoms. The largest absolute Gasteiger partial charge is 0.314 e. The molecule has 1 fully saturated rings. The first-order chi connectivity index (χ1) is 8.22. The lowest BCUT2D eigenvalue weighted by molar-refractivity contribution is 0.203. The van der Waals surface area contributed by atoms with Gasteiger partial charge in [-0.1, -0.05) is 17.7 Å². The van der Waals surface area contributed by atoms with Gasteiger partial charge in [0.2, 0.25) is 0 Å². The molecule has 0 unspecified atom stereocenters. The molecular weight excluding hydrogens is 239 g/mol. The fourth-order valence-corrected chi connectivity index (χ4v) is 2.40. The van der Waals surface area contributed by atoms with Gasteiger partial charge in [-0.15, -0.1) is 6.58 Å². The van der Waals surface area contributed by atoms with E-state index in [0.29, 0.717) is 5.02 Å². The fraction of sp³-hybridized carbons (Fsp3) is 0.385. The second kappa shape index (κ2) is 5.63. The topological polar surface area (TPSA) is 15.3 Å². The van der Waals surface area contributed by atoms with Crippen LogP contribution in [0, 0.1) is 5.82 Å².